The Bertz CT molecular complexity index is 1310. The molecule has 7 heteroatoms. The van der Waals surface area contributed by atoms with Crippen molar-refractivity contribution < 1.29 is 4.74 Å². The molecule has 1 heterocycles. The van der Waals surface area contributed by atoms with E-state index in [9.17, 15) is 5.26 Å². The molecule has 3 nitrogen and oxygen atoms in total. The minimum Gasteiger partial charge on any atom is -0.438 e. The predicted octanol–water partition coefficient (Wildman–Crippen LogP) is 8.69. The van der Waals surface area contributed by atoms with Crippen LogP contribution in [0.3, 0.4) is 0 Å². The van der Waals surface area contributed by atoms with Gasteiger partial charge >= 0.3 is 0 Å². The molecule has 152 valence electrons. The number of benzene rings is 3. The van der Waals surface area contributed by atoms with Crippen LogP contribution in [-0.4, -0.2) is 4.98 Å². The van der Waals surface area contributed by atoms with E-state index in [0.29, 0.717) is 42.7 Å². The highest BCUT2D eigenvalue weighted by atomic mass is 35.5. The highest BCUT2D eigenvalue weighted by Crippen LogP contribution is 2.39. The maximum Gasteiger partial charge on any atom is 0.237 e. The topological polar surface area (TPSA) is 45.9 Å². The molecule has 0 atom stereocenters. The Balaban J connectivity index is 1.94. The number of rotatable bonds is 4. The third-order valence-corrected chi connectivity index (χ3v) is 5.49. The lowest BCUT2D eigenvalue weighted by Gasteiger charge is -2.15. The molecule has 0 fully saturated rings. The van der Waals surface area contributed by atoms with Gasteiger partial charge in [0, 0.05) is 26.2 Å². The number of ether oxygens (including phenoxy) is 1. The van der Waals surface area contributed by atoms with E-state index in [1.165, 1.54) is 0 Å². The minimum atomic E-state index is 0.142. The van der Waals surface area contributed by atoms with Gasteiger partial charge in [-0.15, -0.1) is 0 Å². The number of pyridine rings is 1. The number of halogens is 4. The second-order valence-electron chi connectivity index (χ2n) is 6.54. The van der Waals surface area contributed by atoms with Gasteiger partial charge in [-0.05, 0) is 60.2 Å². The maximum atomic E-state index is 9.76. The summed E-state index contributed by atoms with van der Waals surface area (Å²) >= 11 is 24.7. The molecule has 0 saturated carbocycles. The monoisotopic (exact) mass is 484 g/mol. The van der Waals surface area contributed by atoms with Gasteiger partial charge in [-0.3, -0.25) is 0 Å². The van der Waals surface area contributed by atoms with Crippen molar-refractivity contribution in [3.8, 4) is 40.1 Å². The SMILES string of the molecule is N#Cc1cc(-c2ccc(Cl)cc2)c(-c2ccc(Cl)cc2Cl)nc1Oc1cccc(Cl)c1. The molecule has 0 spiro atoms. The Labute approximate surface area is 199 Å². The summed E-state index contributed by atoms with van der Waals surface area (Å²) in [6, 6.07) is 23.1. The summed E-state index contributed by atoms with van der Waals surface area (Å²) in [4.78, 5) is 4.68. The molecule has 31 heavy (non-hydrogen) atoms. The zero-order chi connectivity index (χ0) is 22.0. The lowest BCUT2D eigenvalue weighted by atomic mass is 9.97. The Morgan fingerprint density at radius 2 is 1.45 bits per heavy atom. The summed E-state index contributed by atoms with van der Waals surface area (Å²) in [5.41, 5.74) is 2.98. The van der Waals surface area contributed by atoms with Gasteiger partial charge in [0.15, 0.2) is 0 Å². The van der Waals surface area contributed by atoms with E-state index in [-0.39, 0.29) is 11.4 Å². The lowest BCUT2D eigenvalue weighted by Crippen LogP contribution is -1.98. The van der Waals surface area contributed by atoms with Crippen LogP contribution in [0.25, 0.3) is 22.4 Å². The fourth-order valence-electron chi connectivity index (χ4n) is 3.03. The van der Waals surface area contributed by atoms with E-state index in [1.54, 1.807) is 60.7 Å². The van der Waals surface area contributed by atoms with E-state index in [1.807, 2.05) is 12.1 Å². The molecule has 0 aliphatic carbocycles. The van der Waals surface area contributed by atoms with Gasteiger partial charge in [0.2, 0.25) is 5.88 Å². The lowest BCUT2D eigenvalue weighted by molar-refractivity contribution is 0.462. The minimum absolute atomic E-state index is 0.142. The Hall–Kier alpha value is -2.74. The first-order chi connectivity index (χ1) is 14.9. The van der Waals surface area contributed by atoms with E-state index >= 15 is 0 Å². The fourth-order valence-corrected chi connectivity index (χ4v) is 3.84. The standard InChI is InChI=1S/C24H12Cl4N2O/c25-16-6-4-14(5-7-16)21-10-15(13-29)24(31-19-3-1-2-17(26)11-19)30-23(21)20-9-8-18(27)12-22(20)28/h1-12H. The van der Waals surface area contributed by atoms with Gasteiger partial charge in [0.1, 0.15) is 17.4 Å². The van der Waals surface area contributed by atoms with Crippen molar-refractivity contribution >= 4 is 46.4 Å². The zero-order valence-corrected chi connectivity index (χ0v) is 18.8. The van der Waals surface area contributed by atoms with Crippen LogP contribution in [0, 0.1) is 11.3 Å². The molecule has 0 unspecified atom stereocenters. The third-order valence-electron chi connectivity index (χ3n) is 4.46. The van der Waals surface area contributed by atoms with Crippen LogP contribution >= 0.6 is 46.4 Å². The summed E-state index contributed by atoms with van der Waals surface area (Å²) in [5.74, 6) is 0.604. The van der Waals surface area contributed by atoms with Crippen molar-refractivity contribution in [3.05, 3.63) is 98.5 Å². The van der Waals surface area contributed by atoms with Gasteiger partial charge in [-0.25, -0.2) is 4.98 Å². The molecule has 0 saturated heterocycles. The van der Waals surface area contributed by atoms with Gasteiger partial charge in [0.05, 0.1) is 10.7 Å². The molecule has 0 aliphatic rings. The molecule has 1 aromatic heterocycles. The normalized spacial score (nSPS) is 10.5. The van der Waals surface area contributed by atoms with Crippen LogP contribution in [0.2, 0.25) is 20.1 Å². The van der Waals surface area contributed by atoms with Crippen LogP contribution in [0.5, 0.6) is 11.6 Å². The smallest absolute Gasteiger partial charge is 0.237 e. The number of nitrogens with zero attached hydrogens (tertiary/aromatic N) is 2. The van der Waals surface area contributed by atoms with Crippen molar-refractivity contribution in [2.24, 2.45) is 0 Å². The van der Waals surface area contributed by atoms with Crippen LogP contribution in [-0.2, 0) is 0 Å². The van der Waals surface area contributed by atoms with Crippen molar-refractivity contribution in [2.75, 3.05) is 0 Å². The van der Waals surface area contributed by atoms with Crippen LogP contribution < -0.4 is 4.74 Å². The first-order valence-corrected chi connectivity index (χ1v) is 10.6. The molecule has 4 aromatic rings. The summed E-state index contributed by atoms with van der Waals surface area (Å²) in [6.45, 7) is 0. The molecule has 0 N–H and O–H groups in total. The van der Waals surface area contributed by atoms with Crippen LogP contribution in [0.1, 0.15) is 5.56 Å². The number of hydrogen-bond acceptors (Lipinski definition) is 3. The summed E-state index contributed by atoms with van der Waals surface area (Å²) in [6.07, 6.45) is 0. The van der Waals surface area contributed by atoms with Crippen LogP contribution in [0.15, 0.2) is 72.8 Å². The average Bonchev–Trinajstić information content (AvgIpc) is 2.74. The van der Waals surface area contributed by atoms with Gasteiger partial charge in [0.25, 0.3) is 0 Å². The molecule has 0 amide bonds. The first kappa shape index (κ1) is 21.5. The van der Waals surface area contributed by atoms with E-state index in [2.05, 4.69) is 11.1 Å². The van der Waals surface area contributed by atoms with Crippen molar-refractivity contribution in [3.63, 3.8) is 0 Å². The average molecular weight is 486 g/mol. The molecule has 0 aliphatic heterocycles. The van der Waals surface area contributed by atoms with Gasteiger partial charge in [-0.2, -0.15) is 5.26 Å². The second-order valence-corrected chi connectivity index (χ2v) is 8.26. The van der Waals surface area contributed by atoms with Gasteiger partial charge < -0.3 is 4.74 Å². The van der Waals surface area contributed by atoms with Crippen LogP contribution in [0.4, 0.5) is 0 Å². The first-order valence-electron chi connectivity index (χ1n) is 9.04. The summed E-state index contributed by atoms with van der Waals surface area (Å²) in [5, 5.41) is 11.8. The number of nitriles is 1. The molecule has 4 rings (SSSR count). The molecular formula is C24H12Cl4N2O. The van der Waals surface area contributed by atoms with Gasteiger partial charge in [-0.1, -0.05) is 64.6 Å². The quantitative estimate of drug-likeness (QED) is 0.290. The zero-order valence-electron chi connectivity index (χ0n) is 15.7. The fraction of sp³-hybridized carbons (Fsp3) is 0. The number of hydrogen-bond donors (Lipinski definition) is 0. The highest BCUT2D eigenvalue weighted by Gasteiger charge is 2.19. The number of aromatic nitrogens is 1. The Morgan fingerprint density at radius 3 is 2.13 bits per heavy atom. The Morgan fingerprint density at radius 1 is 0.742 bits per heavy atom. The third kappa shape index (κ3) is 4.79. The second kappa shape index (κ2) is 9.18. The Kier molecular flexibility index (Phi) is 6.36. The maximum absolute atomic E-state index is 9.76. The van der Waals surface area contributed by atoms with Crippen molar-refractivity contribution in [1.29, 1.82) is 5.26 Å². The molecule has 3 aromatic carbocycles. The van der Waals surface area contributed by atoms with E-state index < -0.39 is 0 Å². The molecular weight excluding hydrogens is 474 g/mol. The molecule has 0 bridgehead atoms. The highest BCUT2D eigenvalue weighted by molar-refractivity contribution is 6.36. The largest absolute Gasteiger partial charge is 0.438 e. The van der Waals surface area contributed by atoms with E-state index in [4.69, 9.17) is 51.1 Å². The predicted molar refractivity (Wildman–Crippen MR) is 126 cm³/mol. The van der Waals surface area contributed by atoms with Crippen molar-refractivity contribution in [2.45, 2.75) is 0 Å². The summed E-state index contributed by atoms with van der Waals surface area (Å²) < 4.78 is 5.91. The van der Waals surface area contributed by atoms with E-state index in [0.717, 1.165) is 5.56 Å². The summed E-state index contributed by atoms with van der Waals surface area (Å²) in [7, 11) is 0. The molecule has 0 radical (unpaired) electrons. The van der Waals surface area contributed by atoms with Crippen molar-refractivity contribution in [1.82, 2.24) is 4.98 Å².